The van der Waals surface area contributed by atoms with Crippen molar-refractivity contribution in [2.24, 2.45) is 29.4 Å². The predicted octanol–water partition coefficient (Wildman–Crippen LogP) is 2.85. The highest BCUT2D eigenvalue weighted by Gasteiger charge is 2.49. The molecule has 1 amide bonds. The van der Waals surface area contributed by atoms with Gasteiger partial charge in [-0.25, -0.2) is 0 Å². The van der Waals surface area contributed by atoms with E-state index in [4.69, 9.17) is 5.73 Å². The van der Waals surface area contributed by atoms with E-state index in [0.717, 1.165) is 26.1 Å². The van der Waals surface area contributed by atoms with Gasteiger partial charge in [0.2, 0.25) is 5.91 Å². The molecular weight excluding hydrogens is 357 g/mol. The van der Waals surface area contributed by atoms with Crippen LogP contribution in [0.1, 0.15) is 25.7 Å². The molecule has 140 valence electrons. The van der Waals surface area contributed by atoms with Crippen molar-refractivity contribution in [3.05, 3.63) is 30.3 Å². The lowest BCUT2D eigenvalue weighted by Crippen LogP contribution is -2.46. The first kappa shape index (κ1) is 20.3. The highest BCUT2D eigenvalue weighted by molar-refractivity contribution is 5.85. The molecule has 2 aliphatic carbocycles. The smallest absolute Gasteiger partial charge is 0.224 e. The lowest BCUT2D eigenvalue weighted by Gasteiger charge is -2.27. The molecule has 5 atom stereocenters. The van der Waals surface area contributed by atoms with E-state index in [1.54, 1.807) is 0 Å². The van der Waals surface area contributed by atoms with Gasteiger partial charge in [0, 0.05) is 31.4 Å². The molecule has 1 aliphatic heterocycles. The number of nitrogens with one attached hydrogen (secondary N) is 1. The van der Waals surface area contributed by atoms with Gasteiger partial charge in [-0.3, -0.25) is 4.79 Å². The average Bonchev–Trinajstić information content (AvgIpc) is 3.29. The topological polar surface area (TPSA) is 58.4 Å². The number of anilines is 1. The first-order chi connectivity index (χ1) is 11.2. The summed E-state index contributed by atoms with van der Waals surface area (Å²) in [5.74, 6) is 1.97. The molecule has 3 fully saturated rings. The Morgan fingerprint density at radius 3 is 2.52 bits per heavy atom. The molecule has 1 aromatic carbocycles. The highest BCUT2D eigenvalue weighted by atomic mass is 35.5. The van der Waals surface area contributed by atoms with Crippen LogP contribution in [0.15, 0.2) is 30.3 Å². The van der Waals surface area contributed by atoms with E-state index in [1.165, 1.54) is 24.9 Å². The summed E-state index contributed by atoms with van der Waals surface area (Å²) in [6, 6.07) is 10.6. The van der Waals surface area contributed by atoms with Gasteiger partial charge in [0.25, 0.3) is 0 Å². The zero-order valence-electron chi connectivity index (χ0n) is 14.5. The van der Waals surface area contributed by atoms with Crippen LogP contribution in [0.25, 0.3) is 0 Å². The fourth-order valence-corrected chi connectivity index (χ4v) is 4.96. The van der Waals surface area contributed by atoms with Crippen LogP contribution in [0.5, 0.6) is 0 Å². The maximum atomic E-state index is 12.5. The van der Waals surface area contributed by atoms with Gasteiger partial charge in [0.15, 0.2) is 0 Å². The van der Waals surface area contributed by atoms with Crippen LogP contribution in [0, 0.1) is 23.7 Å². The number of halogens is 2. The first-order valence-corrected chi connectivity index (χ1v) is 9.05. The molecule has 25 heavy (non-hydrogen) atoms. The van der Waals surface area contributed by atoms with Crippen LogP contribution in [0.2, 0.25) is 0 Å². The van der Waals surface area contributed by atoms with Gasteiger partial charge in [-0.15, -0.1) is 24.8 Å². The second kappa shape index (κ2) is 8.61. The van der Waals surface area contributed by atoms with E-state index < -0.39 is 0 Å². The molecule has 2 bridgehead atoms. The van der Waals surface area contributed by atoms with Crippen molar-refractivity contribution in [2.75, 3.05) is 24.5 Å². The molecule has 6 heteroatoms. The van der Waals surface area contributed by atoms with E-state index in [0.29, 0.717) is 17.8 Å². The molecule has 5 unspecified atom stereocenters. The fourth-order valence-electron chi connectivity index (χ4n) is 4.96. The maximum absolute atomic E-state index is 12.5. The molecule has 1 aromatic rings. The minimum absolute atomic E-state index is 0. The van der Waals surface area contributed by atoms with Crippen molar-refractivity contribution in [2.45, 2.75) is 31.7 Å². The molecule has 1 heterocycles. The van der Waals surface area contributed by atoms with E-state index in [2.05, 4.69) is 40.5 Å². The van der Waals surface area contributed by atoms with E-state index in [1.807, 2.05) is 0 Å². The molecule has 0 spiro atoms. The Kier molecular flexibility index (Phi) is 7.01. The van der Waals surface area contributed by atoms with Crippen LogP contribution >= 0.6 is 24.8 Å². The zero-order chi connectivity index (χ0) is 15.8. The van der Waals surface area contributed by atoms with Crippen LogP contribution in [-0.4, -0.2) is 31.6 Å². The molecular formula is C19H29Cl2N3O. The third-order valence-corrected chi connectivity index (χ3v) is 6.26. The summed E-state index contributed by atoms with van der Waals surface area (Å²) in [4.78, 5) is 15.0. The molecule has 3 N–H and O–H groups in total. The quantitative estimate of drug-likeness (QED) is 0.837. The van der Waals surface area contributed by atoms with Crippen molar-refractivity contribution >= 4 is 36.4 Å². The van der Waals surface area contributed by atoms with Crippen LogP contribution in [0.4, 0.5) is 5.69 Å². The number of hydrogen-bond donors (Lipinski definition) is 2. The number of rotatable bonds is 4. The lowest BCUT2D eigenvalue weighted by molar-refractivity contribution is -0.127. The monoisotopic (exact) mass is 385 g/mol. The van der Waals surface area contributed by atoms with Crippen molar-refractivity contribution in [3.8, 4) is 0 Å². The van der Waals surface area contributed by atoms with Gasteiger partial charge >= 0.3 is 0 Å². The maximum Gasteiger partial charge on any atom is 0.224 e. The number of nitrogens with zero attached hydrogens (tertiary/aromatic N) is 1. The number of carbonyl (C=O) groups is 1. The van der Waals surface area contributed by atoms with Crippen molar-refractivity contribution in [1.82, 2.24) is 5.32 Å². The molecule has 3 aliphatic rings. The molecule has 1 saturated heterocycles. The molecule has 0 radical (unpaired) electrons. The van der Waals surface area contributed by atoms with Crippen molar-refractivity contribution < 1.29 is 4.79 Å². The van der Waals surface area contributed by atoms with Gasteiger partial charge in [-0.05, 0) is 55.6 Å². The Labute approximate surface area is 162 Å². The van der Waals surface area contributed by atoms with Gasteiger partial charge in [-0.1, -0.05) is 18.2 Å². The SMILES string of the molecule is Cl.Cl.NC1C2CCC(C2)C1C(=O)NCC1CCN(c2ccccc2)C1. The number of fused-ring (bicyclic) bond motifs is 2. The van der Waals surface area contributed by atoms with Gasteiger partial charge in [0.1, 0.15) is 0 Å². The lowest BCUT2D eigenvalue weighted by atomic mass is 9.84. The summed E-state index contributed by atoms with van der Waals surface area (Å²) in [7, 11) is 0. The summed E-state index contributed by atoms with van der Waals surface area (Å²) in [5, 5.41) is 3.21. The average molecular weight is 386 g/mol. The van der Waals surface area contributed by atoms with Gasteiger partial charge < -0.3 is 16.0 Å². The molecule has 4 rings (SSSR count). The summed E-state index contributed by atoms with van der Waals surface area (Å²) >= 11 is 0. The van der Waals surface area contributed by atoms with Crippen molar-refractivity contribution in [3.63, 3.8) is 0 Å². The summed E-state index contributed by atoms with van der Waals surface area (Å²) in [6.07, 6.45) is 4.74. The van der Waals surface area contributed by atoms with Crippen LogP contribution in [0.3, 0.4) is 0 Å². The Morgan fingerprint density at radius 2 is 1.84 bits per heavy atom. The Balaban J connectivity index is 0.00000113. The predicted molar refractivity (Wildman–Crippen MR) is 107 cm³/mol. The second-order valence-corrected chi connectivity index (χ2v) is 7.62. The second-order valence-electron chi connectivity index (χ2n) is 7.62. The zero-order valence-corrected chi connectivity index (χ0v) is 16.1. The van der Waals surface area contributed by atoms with E-state index in [9.17, 15) is 4.79 Å². The Bertz CT molecular complexity index is 569. The molecule has 4 nitrogen and oxygen atoms in total. The number of carbonyl (C=O) groups excluding carboxylic acids is 1. The number of amides is 1. The number of para-hydroxylation sites is 1. The third-order valence-electron chi connectivity index (χ3n) is 6.26. The minimum Gasteiger partial charge on any atom is -0.371 e. The number of nitrogens with two attached hydrogens (primary N) is 1. The van der Waals surface area contributed by atoms with E-state index >= 15 is 0 Å². The number of hydrogen-bond acceptors (Lipinski definition) is 3. The highest BCUT2D eigenvalue weighted by Crippen LogP contribution is 2.47. The minimum atomic E-state index is 0. The Morgan fingerprint density at radius 1 is 1.12 bits per heavy atom. The van der Waals surface area contributed by atoms with E-state index in [-0.39, 0.29) is 42.7 Å². The van der Waals surface area contributed by atoms with Crippen LogP contribution in [-0.2, 0) is 4.79 Å². The molecule has 0 aromatic heterocycles. The summed E-state index contributed by atoms with van der Waals surface area (Å²) < 4.78 is 0. The molecule has 2 saturated carbocycles. The normalized spacial score (nSPS) is 32.8. The Hall–Kier alpha value is -0.970. The summed E-state index contributed by atoms with van der Waals surface area (Å²) in [5.41, 5.74) is 7.57. The third kappa shape index (κ3) is 4.07. The number of benzene rings is 1. The fraction of sp³-hybridized carbons (Fsp3) is 0.632. The van der Waals surface area contributed by atoms with Crippen molar-refractivity contribution in [1.29, 1.82) is 0 Å². The first-order valence-electron chi connectivity index (χ1n) is 9.05. The largest absolute Gasteiger partial charge is 0.371 e. The van der Waals surface area contributed by atoms with Gasteiger partial charge in [-0.2, -0.15) is 0 Å². The standard InChI is InChI=1S/C19H27N3O.2ClH/c20-18-15-7-6-14(10-15)17(18)19(23)21-11-13-8-9-22(12-13)16-4-2-1-3-5-16;;/h1-5,13-15,17-18H,6-12,20H2,(H,21,23);2*1H. The van der Waals surface area contributed by atoms with Gasteiger partial charge in [0.05, 0.1) is 5.92 Å². The summed E-state index contributed by atoms with van der Waals surface area (Å²) in [6.45, 7) is 2.91. The van der Waals surface area contributed by atoms with Crippen LogP contribution < -0.4 is 16.0 Å².